The van der Waals surface area contributed by atoms with Crippen molar-refractivity contribution < 1.29 is 9.15 Å². The SMILES string of the molecule is CN(Cc1cnn(-c2ccccc2)c1)C(=NCC1CCCO1)NCCc1ccco1.I. The first kappa shape index (κ1) is 23.3. The molecule has 0 amide bonds. The highest BCUT2D eigenvalue weighted by Crippen LogP contribution is 2.13. The van der Waals surface area contributed by atoms with Crippen molar-refractivity contribution in [3.05, 3.63) is 72.4 Å². The molecular weight excluding hydrogens is 505 g/mol. The number of furan rings is 1. The van der Waals surface area contributed by atoms with Gasteiger partial charge in [-0.1, -0.05) is 18.2 Å². The molecule has 1 unspecified atom stereocenters. The Labute approximate surface area is 200 Å². The Morgan fingerprint density at radius 1 is 1.26 bits per heavy atom. The van der Waals surface area contributed by atoms with E-state index in [1.807, 2.05) is 60.4 Å². The quantitative estimate of drug-likeness (QED) is 0.270. The Hall–Kier alpha value is -2.33. The van der Waals surface area contributed by atoms with Crippen LogP contribution in [-0.4, -0.2) is 53.5 Å². The summed E-state index contributed by atoms with van der Waals surface area (Å²) in [6.07, 6.45) is 8.91. The topological polar surface area (TPSA) is 67.8 Å². The molecule has 1 aliphatic heterocycles. The summed E-state index contributed by atoms with van der Waals surface area (Å²) in [6, 6.07) is 14.0. The van der Waals surface area contributed by atoms with Crippen molar-refractivity contribution in [2.45, 2.75) is 31.9 Å². The van der Waals surface area contributed by atoms with Crippen molar-refractivity contribution in [2.75, 3.05) is 26.7 Å². The van der Waals surface area contributed by atoms with Gasteiger partial charge in [0.15, 0.2) is 5.96 Å². The van der Waals surface area contributed by atoms with Gasteiger partial charge < -0.3 is 19.4 Å². The minimum Gasteiger partial charge on any atom is -0.469 e. The fourth-order valence-electron chi connectivity index (χ4n) is 3.55. The van der Waals surface area contributed by atoms with E-state index in [0.717, 1.165) is 55.4 Å². The van der Waals surface area contributed by atoms with Crippen LogP contribution in [0.2, 0.25) is 0 Å². The van der Waals surface area contributed by atoms with E-state index < -0.39 is 0 Å². The van der Waals surface area contributed by atoms with E-state index in [2.05, 4.69) is 21.5 Å². The molecule has 0 aliphatic carbocycles. The fourth-order valence-corrected chi connectivity index (χ4v) is 3.55. The van der Waals surface area contributed by atoms with Gasteiger partial charge in [0, 0.05) is 44.9 Å². The van der Waals surface area contributed by atoms with Gasteiger partial charge >= 0.3 is 0 Å². The molecule has 3 aromatic rings. The predicted molar refractivity (Wildman–Crippen MR) is 132 cm³/mol. The average molecular weight is 535 g/mol. The van der Waals surface area contributed by atoms with Crippen molar-refractivity contribution in [2.24, 2.45) is 4.99 Å². The van der Waals surface area contributed by atoms with E-state index in [-0.39, 0.29) is 30.1 Å². The van der Waals surface area contributed by atoms with Crippen molar-refractivity contribution in [1.82, 2.24) is 20.0 Å². The Bertz CT molecular complexity index is 921. The minimum atomic E-state index is 0. The van der Waals surface area contributed by atoms with Crippen molar-refractivity contribution >= 4 is 29.9 Å². The molecular formula is C23H30IN5O2. The van der Waals surface area contributed by atoms with Crippen molar-refractivity contribution in [1.29, 1.82) is 0 Å². The van der Waals surface area contributed by atoms with E-state index in [9.17, 15) is 0 Å². The zero-order chi connectivity index (χ0) is 20.6. The second-order valence-electron chi connectivity index (χ2n) is 7.54. The van der Waals surface area contributed by atoms with Crippen LogP contribution < -0.4 is 5.32 Å². The lowest BCUT2D eigenvalue weighted by Gasteiger charge is -2.22. The molecule has 1 aromatic carbocycles. The largest absolute Gasteiger partial charge is 0.469 e. The maximum absolute atomic E-state index is 5.74. The van der Waals surface area contributed by atoms with Crippen LogP contribution >= 0.6 is 24.0 Å². The summed E-state index contributed by atoms with van der Waals surface area (Å²) in [6.45, 7) is 2.99. The second-order valence-corrected chi connectivity index (χ2v) is 7.54. The third-order valence-corrected chi connectivity index (χ3v) is 5.14. The molecule has 0 saturated carbocycles. The number of halogens is 1. The first-order valence-electron chi connectivity index (χ1n) is 10.5. The highest BCUT2D eigenvalue weighted by atomic mass is 127. The molecule has 1 aliphatic rings. The van der Waals surface area contributed by atoms with E-state index in [1.165, 1.54) is 0 Å². The number of hydrogen-bond donors (Lipinski definition) is 1. The summed E-state index contributed by atoms with van der Waals surface area (Å²) < 4.78 is 13.1. The van der Waals surface area contributed by atoms with Crippen LogP contribution in [0, 0.1) is 0 Å². The molecule has 2 aromatic heterocycles. The highest BCUT2D eigenvalue weighted by Gasteiger charge is 2.16. The van der Waals surface area contributed by atoms with Gasteiger partial charge in [-0.2, -0.15) is 5.10 Å². The summed E-state index contributed by atoms with van der Waals surface area (Å²) in [5.74, 6) is 1.83. The zero-order valence-corrected chi connectivity index (χ0v) is 20.1. The number of nitrogens with one attached hydrogen (secondary N) is 1. The van der Waals surface area contributed by atoms with Crippen LogP contribution in [0.3, 0.4) is 0 Å². The van der Waals surface area contributed by atoms with Crippen LogP contribution in [0.15, 0.2) is 70.5 Å². The molecule has 1 saturated heterocycles. The normalized spacial score (nSPS) is 16.2. The average Bonchev–Trinajstić information content (AvgIpc) is 3.54. The molecule has 3 heterocycles. The standard InChI is InChI=1S/C23H29N5O2.HI/c1-27(17-19-15-26-28(18-19)20-7-3-2-4-8-20)23(25-16-22-10-6-14-30-22)24-12-11-21-9-5-13-29-21;/h2-5,7-9,13,15,18,22H,6,10-12,14,16-17H2,1H3,(H,24,25);1H. The van der Waals surface area contributed by atoms with Gasteiger partial charge in [-0.05, 0) is 37.1 Å². The summed E-state index contributed by atoms with van der Waals surface area (Å²) in [7, 11) is 2.05. The number of para-hydroxylation sites is 1. The van der Waals surface area contributed by atoms with Crippen LogP contribution in [0.4, 0.5) is 0 Å². The number of aliphatic imine (C=N–C) groups is 1. The number of aromatic nitrogens is 2. The summed E-state index contributed by atoms with van der Waals surface area (Å²) in [4.78, 5) is 6.96. The smallest absolute Gasteiger partial charge is 0.194 e. The number of ether oxygens (including phenoxy) is 1. The van der Waals surface area contributed by atoms with Gasteiger partial charge in [-0.25, -0.2) is 4.68 Å². The lowest BCUT2D eigenvalue weighted by atomic mass is 10.2. The molecule has 7 nitrogen and oxygen atoms in total. The van der Waals surface area contributed by atoms with Crippen LogP contribution in [0.25, 0.3) is 5.69 Å². The molecule has 1 atom stereocenters. The van der Waals surface area contributed by atoms with Crippen LogP contribution in [-0.2, 0) is 17.7 Å². The van der Waals surface area contributed by atoms with Gasteiger partial charge in [-0.3, -0.25) is 4.99 Å². The number of nitrogens with zero attached hydrogens (tertiary/aromatic N) is 4. The Kier molecular flexibility index (Phi) is 8.96. The van der Waals surface area contributed by atoms with Crippen LogP contribution in [0.1, 0.15) is 24.2 Å². The maximum Gasteiger partial charge on any atom is 0.194 e. The Morgan fingerprint density at radius 3 is 2.87 bits per heavy atom. The predicted octanol–water partition coefficient (Wildman–Crippen LogP) is 3.88. The van der Waals surface area contributed by atoms with E-state index in [0.29, 0.717) is 13.1 Å². The summed E-state index contributed by atoms with van der Waals surface area (Å²) in [5.41, 5.74) is 2.18. The molecule has 0 radical (unpaired) electrons. The summed E-state index contributed by atoms with van der Waals surface area (Å²) in [5, 5.41) is 7.97. The molecule has 4 rings (SSSR count). The van der Waals surface area contributed by atoms with Gasteiger partial charge in [0.2, 0.25) is 0 Å². The molecule has 8 heteroatoms. The summed E-state index contributed by atoms with van der Waals surface area (Å²) >= 11 is 0. The third kappa shape index (κ3) is 6.83. The zero-order valence-electron chi connectivity index (χ0n) is 17.8. The number of guanidine groups is 1. The first-order chi connectivity index (χ1) is 14.8. The van der Waals surface area contributed by atoms with E-state index in [4.69, 9.17) is 14.1 Å². The van der Waals surface area contributed by atoms with E-state index in [1.54, 1.807) is 6.26 Å². The molecule has 1 fully saturated rings. The van der Waals surface area contributed by atoms with Crippen LogP contribution in [0.5, 0.6) is 0 Å². The van der Waals surface area contributed by atoms with E-state index >= 15 is 0 Å². The fraction of sp³-hybridized carbons (Fsp3) is 0.391. The lowest BCUT2D eigenvalue weighted by molar-refractivity contribution is 0.117. The number of benzene rings is 1. The van der Waals surface area contributed by atoms with Crippen molar-refractivity contribution in [3.8, 4) is 5.69 Å². The highest BCUT2D eigenvalue weighted by molar-refractivity contribution is 14.0. The maximum atomic E-state index is 5.74. The second kappa shape index (κ2) is 11.9. The molecule has 0 spiro atoms. The van der Waals surface area contributed by atoms with Crippen molar-refractivity contribution in [3.63, 3.8) is 0 Å². The molecule has 31 heavy (non-hydrogen) atoms. The van der Waals surface area contributed by atoms with Gasteiger partial charge in [0.25, 0.3) is 0 Å². The molecule has 166 valence electrons. The van der Waals surface area contributed by atoms with Gasteiger partial charge in [-0.15, -0.1) is 24.0 Å². The monoisotopic (exact) mass is 535 g/mol. The lowest BCUT2D eigenvalue weighted by Crippen LogP contribution is -2.40. The number of hydrogen-bond acceptors (Lipinski definition) is 4. The number of rotatable bonds is 8. The Morgan fingerprint density at radius 2 is 2.13 bits per heavy atom. The minimum absolute atomic E-state index is 0. The van der Waals surface area contributed by atoms with Gasteiger partial charge in [0.05, 0.1) is 30.8 Å². The molecule has 1 N–H and O–H groups in total. The Balaban J connectivity index is 0.00000272. The van der Waals surface area contributed by atoms with Gasteiger partial charge in [0.1, 0.15) is 5.76 Å². The first-order valence-corrected chi connectivity index (χ1v) is 10.5. The molecule has 0 bridgehead atoms. The third-order valence-electron chi connectivity index (χ3n) is 5.14.